The lowest BCUT2D eigenvalue weighted by atomic mass is 9.84. The van der Waals surface area contributed by atoms with Crippen LogP contribution in [-0.2, 0) is 0 Å². The molecule has 0 saturated heterocycles. The highest BCUT2D eigenvalue weighted by atomic mass is 19.1. The number of carbonyl (C=O) groups is 1. The van der Waals surface area contributed by atoms with E-state index in [2.05, 4.69) is 15.3 Å². The van der Waals surface area contributed by atoms with Crippen molar-refractivity contribution in [2.24, 2.45) is 11.5 Å². The first-order chi connectivity index (χ1) is 17.3. The third-order valence-corrected chi connectivity index (χ3v) is 5.29. The number of aliphatic hydroxyl groups excluding tert-OH is 2. The largest absolute Gasteiger partial charge is 0.401 e. The Balaban J connectivity index is 0.00000154. The van der Waals surface area contributed by atoms with Gasteiger partial charge in [0.05, 0.1) is 36.7 Å². The van der Waals surface area contributed by atoms with E-state index in [4.69, 9.17) is 21.7 Å². The van der Waals surface area contributed by atoms with Crippen LogP contribution >= 0.6 is 0 Å². The number of hydrogen-bond acceptors (Lipinski definition) is 7. The molecule has 0 fully saturated rings. The first-order valence-corrected chi connectivity index (χ1v) is 12.1. The van der Waals surface area contributed by atoms with E-state index in [1.807, 2.05) is 27.7 Å². The van der Waals surface area contributed by atoms with Crippen LogP contribution in [0.5, 0.6) is 0 Å². The summed E-state index contributed by atoms with van der Waals surface area (Å²) >= 11 is 0. The zero-order chi connectivity index (χ0) is 27.3. The maximum Gasteiger partial charge on any atom is 0.271 e. The molecule has 10 heteroatoms. The highest BCUT2D eigenvalue weighted by molar-refractivity contribution is 5.92. The molecule has 1 aliphatic rings. The molecule has 3 rings (SSSR count). The number of nitrogens with zero attached hydrogens (tertiary/aromatic N) is 2. The fourth-order valence-corrected chi connectivity index (χ4v) is 3.58. The number of nitrogens with two attached hydrogens (primary N) is 2. The normalized spacial score (nSPS) is 15.5. The Kier molecular flexibility index (Phi) is 13.3. The molecule has 0 bridgehead atoms. The first-order valence-electron chi connectivity index (χ1n) is 12.1. The summed E-state index contributed by atoms with van der Waals surface area (Å²) in [7, 11) is 0. The van der Waals surface area contributed by atoms with Gasteiger partial charge in [0, 0.05) is 23.5 Å². The van der Waals surface area contributed by atoms with Crippen molar-refractivity contribution in [3.8, 4) is 0 Å². The molecule has 0 radical (unpaired) electrons. The minimum absolute atomic E-state index is 0.0119. The highest BCUT2D eigenvalue weighted by Crippen LogP contribution is 2.35. The van der Waals surface area contributed by atoms with Crippen molar-refractivity contribution in [1.29, 1.82) is 0 Å². The molecule has 1 amide bonds. The van der Waals surface area contributed by atoms with Gasteiger partial charge in [-0.25, -0.2) is 13.8 Å². The van der Waals surface area contributed by atoms with Crippen molar-refractivity contribution in [3.05, 3.63) is 76.5 Å². The van der Waals surface area contributed by atoms with Gasteiger partial charge < -0.3 is 27.0 Å². The summed E-state index contributed by atoms with van der Waals surface area (Å²) in [5, 5.41) is 20.7. The zero-order valence-corrected chi connectivity index (χ0v) is 21.3. The molecule has 198 valence electrons. The third-order valence-electron chi connectivity index (χ3n) is 5.29. The minimum Gasteiger partial charge on any atom is -0.401 e. The van der Waals surface area contributed by atoms with Crippen LogP contribution in [0.15, 0.2) is 47.9 Å². The van der Waals surface area contributed by atoms with Crippen LogP contribution in [0.4, 0.5) is 8.78 Å². The van der Waals surface area contributed by atoms with E-state index >= 15 is 0 Å². The van der Waals surface area contributed by atoms with E-state index in [-0.39, 0.29) is 22.9 Å². The smallest absolute Gasteiger partial charge is 0.271 e. The van der Waals surface area contributed by atoms with Crippen molar-refractivity contribution in [2.75, 3.05) is 13.2 Å². The molecule has 1 aromatic heterocycles. The van der Waals surface area contributed by atoms with Crippen molar-refractivity contribution in [3.63, 3.8) is 0 Å². The van der Waals surface area contributed by atoms with Crippen molar-refractivity contribution < 1.29 is 23.8 Å². The van der Waals surface area contributed by atoms with Gasteiger partial charge in [-0.05, 0) is 43.0 Å². The van der Waals surface area contributed by atoms with Gasteiger partial charge >= 0.3 is 0 Å². The van der Waals surface area contributed by atoms with Gasteiger partial charge in [-0.2, -0.15) is 0 Å². The number of benzene rings is 1. The fourth-order valence-electron chi connectivity index (χ4n) is 3.58. The Bertz CT molecular complexity index is 1040. The molecule has 0 spiro atoms. The minimum atomic E-state index is -0.814. The van der Waals surface area contributed by atoms with Gasteiger partial charge in [0.25, 0.3) is 5.91 Å². The Hall–Kier alpha value is -3.37. The van der Waals surface area contributed by atoms with Gasteiger partial charge in [-0.1, -0.05) is 33.8 Å². The van der Waals surface area contributed by atoms with Gasteiger partial charge in [-0.3, -0.25) is 9.78 Å². The van der Waals surface area contributed by atoms with E-state index in [0.717, 1.165) is 18.6 Å². The number of carbonyl (C=O) groups excluding carboxylic acids is 1. The molecular weight excluding hydrogens is 468 g/mol. The Labute approximate surface area is 211 Å². The van der Waals surface area contributed by atoms with Crippen molar-refractivity contribution in [1.82, 2.24) is 15.3 Å². The standard InChI is InChI=1S/C22H25F2N5O3.2C2H6/c23-15-5-2-6-16(24)20(15)17(25)7-12-3-1-4-14(21(12)26)18-8-27-9-19(29-18)22(32)28-13(10-30)11-31;2*1-2/h2,5-9,13-14,30-31H,1,3-4,10-11,25-26H2,(H,28,32);2*1-2H3/b17-7-;;. The molecular formula is C26H37F2N5O3. The monoisotopic (exact) mass is 505 g/mol. The molecule has 0 saturated carbocycles. The maximum absolute atomic E-state index is 14.1. The molecule has 1 atom stereocenters. The molecule has 8 nitrogen and oxygen atoms in total. The lowest BCUT2D eigenvalue weighted by Crippen LogP contribution is -2.40. The average Bonchev–Trinajstić information content (AvgIpc) is 2.90. The summed E-state index contributed by atoms with van der Waals surface area (Å²) in [4.78, 5) is 20.8. The fraction of sp³-hybridized carbons (Fsp3) is 0.423. The van der Waals surface area contributed by atoms with Crippen LogP contribution in [0.1, 0.15) is 74.6 Å². The number of nitrogens with one attached hydrogen (secondary N) is 1. The number of aliphatic hydroxyl groups is 2. The molecule has 1 aliphatic carbocycles. The van der Waals surface area contributed by atoms with Gasteiger partial charge in [0.2, 0.25) is 0 Å². The summed E-state index contributed by atoms with van der Waals surface area (Å²) in [5.41, 5.74) is 13.5. The molecule has 1 unspecified atom stereocenters. The summed E-state index contributed by atoms with van der Waals surface area (Å²) in [6.45, 7) is 7.15. The lowest BCUT2D eigenvalue weighted by molar-refractivity contribution is 0.0873. The van der Waals surface area contributed by atoms with Crippen molar-refractivity contribution in [2.45, 2.75) is 58.9 Å². The highest BCUT2D eigenvalue weighted by Gasteiger charge is 2.25. The number of halogens is 2. The SMILES string of the molecule is CC.CC.NC1=C(/C=C(\N)c2c(F)cccc2F)CCCC1c1cncc(C(=O)NC(CO)CO)n1. The molecule has 36 heavy (non-hydrogen) atoms. The van der Waals surface area contributed by atoms with Crippen LogP contribution in [0.25, 0.3) is 5.70 Å². The van der Waals surface area contributed by atoms with Gasteiger partial charge in [-0.15, -0.1) is 0 Å². The summed E-state index contributed by atoms with van der Waals surface area (Å²) in [6, 6.07) is 2.71. The van der Waals surface area contributed by atoms with E-state index in [1.54, 1.807) is 0 Å². The van der Waals surface area contributed by atoms with E-state index in [0.29, 0.717) is 29.8 Å². The van der Waals surface area contributed by atoms with Crippen LogP contribution in [-0.4, -0.2) is 45.3 Å². The lowest BCUT2D eigenvalue weighted by Gasteiger charge is -2.25. The number of aromatic nitrogens is 2. The number of hydrogen-bond donors (Lipinski definition) is 5. The predicted octanol–water partition coefficient (Wildman–Crippen LogP) is 3.37. The maximum atomic E-state index is 14.1. The van der Waals surface area contributed by atoms with Crippen LogP contribution in [0.3, 0.4) is 0 Å². The summed E-state index contributed by atoms with van der Waals surface area (Å²) in [5.74, 6) is -2.48. The topological polar surface area (TPSA) is 147 Å². The van der Waals surface area contributed by atoms with Crippen LogP contribution < -0.4 is 16.8 Å². The van der Waals surface area contributed by atoms with E-state index in [1.165, 1.54) is 24.5 Å². The Morgan fingerprint density at radius 3 is 2.36 bits per heavy atom. The van der Waals surface area contributed by atoms with Gasteiger partial charge in [0.1, 0.15) is 17.3 Å². The molecule has 1 heterocycles. The average molecular weight is 506 g/mol. The van der Waals surface area contributed by atoms with Crippen LogP contribution in [0.2, 0.25) is 0 Å². The van der Waals surface area contributed by atoms with Crippen LogP contribution in [0, 0.1) is 11.6 Å². The molecule has 1 aromatic carbocycles. The second-order valence-electron chi connectivity index (χ2n) is 7.49. The van der Waals surface area contributed by atoms with Gasteiger partial charge in [0.15, 0.2) is 0 Å². The number of rotatable bonds is 7. The first kappa shape index (κ1) is 30.7. The molecule has 2 aromatic rings. The second-order valence-corrected chi connectivity index (χ2v) is 7.49. The Morgan fingerprint density at radius 1 is 1.17 bits per heavy atom. The second kappa shape index (κ2) is 15.6. The van der Waals surface area contributed by atoms with E-state index in [9.17, 15) is 13.6 Å². The van der Waals surface area contributed by atoms with E-state index < -0.39 is 36.8 Å². The quantitative estimate of drug-likeness (QED) is 0.387. The zero-order valence-electron chi connectivity index (χ0n) is 21.3. The summed E-state index contributed by atoms with van der Waals surface area (Å²) < 4.78 is 28.1. The third kappa shape index (κ3) is 7.82. The molecule has 7 N–H and O–H groups in total. The predicted molar refractivity (Wildman–Crippen MR) is 136 cm³/mol. The number of amides is 1. The molecule has 0 aliphatic heterocycles. The number of allylic oxidation sites excluding steroid dienone is 3. The summed E-state index contributed by atoms with van der Waals surface area (Å²) in [6.07, 6.45) is 6.18. The Morgan fingerprint density at radius 2 is 1.78 bits per heavy atom. The van der Waals surface area contributed by atoms with Crippen molar-refractivity contribution >= 4 is 11.6 Å².